The van der Waals surface area contributed by atoms with Crippen LogP contribution < -0.4 is 10.1 Å². The summed E-state index contributed by atoms with van der Waals surface area (Å²) in [5.41, 5.74) is 0.888. The zero-order valence-corrected chi connectivity index (χ0v) is 14.9. The molecule has 3 rings (SSSR count). The number of nitrogens with one attached hydrogen (secondary N) is 1. The molecule has 1 aliphatic carbocycles. The summed E-state index contributed by atoms with van der Waals surface area (Å²) in [5, 5.41) is 16.3. The summed E-state index contributed by atoms with van der Waals surface area (Å²) in [6, 6.07) is 8.49. The molecule has 1 unspecified atom stereocenters. The van der Waals surface area contributed by atoms with Crippen molar-refractivity contribution in [3.63, 3.8) is 0 Å². The van der Waals surface area contributed by atoms with Gasteiger partial charge >= 0.3 is 5.97 Å². The highest BCUT2D eigenvalue weighted by molar-refractivity contribution is 5.97. The number of carboxylic acids is 1. The third-order valence-electron chi connectivity index (χ3n) is 4.13. The molecule has 1 atom stereocenters. The molecule has 0 radical (unpaired) electrons. The number of benzene rings is 1. The van der Waals surface area contributed by atoms with Crippen LogP contribution in [0.5, 0.6) is 5.75 Å². The second-order valence-corrected chi connectivity index (χ2v) is 6.95. The summed E-state index contributed by atoms with van der Waals surface area (Å²) < 4.78 is 7.32. The van der Waals surface area contributed by atoms with Gasteiger partial charge < -0.3 is 15.2 Å². The molecule has 1 amide bonds. The number of para-hydroxylation sites is 1. The van der Waals surface area contributed by atoms with Crippen LogP contribution in [0.2, 0.25) is 0 Å². The summed E-state index contributed by atoms with van der Waals surface area (Å²) in [4.78, 5) is 24.1. The van der Waals surface area contributed by atoms with Crippen LogP contribution in [-0.4, -0.2) is 39.4 Å². The Balaban J connectivity index is 1.86. The van der Waals surface area contributed by atoms with E-state index in [0.29, 0.717) is 12.4 Å². The van der Waals surface area contributed by atoms with Gasteiger partial charge in [0.1, 0.15) is 6.04 Å². The number of aromatic nitrogens is 2. The molecule has 1 fully saturated rings. The van der Waals surface area contributed by atoms with E-state index in [4.69, 9.17) is 4.74 Å². The number of aliphatic carboxylic acids is 1. The molecule has 1 heterocycles. The molecule has 1 aromatic heterocycles. The number of hydrogen-bond acceptors (Lipinski definition) is 4. The SMILES string of the molecule is CC(C)COc1cn(-c2ccccc2)nc1C(=O)NC(C(=O)O)C1CC1. The highest BCUT2D eigenvalue weighted by Gasteiger charge is 2.38. The van der Waals surface area contributed by atoms with Crippen LogP contribution in [0.25, 0.3) is 5.69 Å². The van der Waals surface area contributed by atoms with Crippen LogP contribution in [0.1, 0.15) is 37.2 Å². The molecule has 0 saturated heterocycles. The van der Waals surface area contributed by atoms with Crippen molar-refractivity contribution < 1.29 is 19.4 Å². The Morgan fingerprint density at radius 1 is 1.31 bits per heavy atom. The second kappa shape index (κ2) is 7.59. The van der Waals surface area contributed by atoms with Gasteiger partial charge in [-0.05, 0) is 36.8 Å². The number of carbonyl (C=O) groups excluding carboxylic acids is 1. The summed E-state index contributed by atoms with van der Waals surface area (Å²) in [7, 11) is 0. The molecule has 0 spiro atoms. The van der Waals surface area contributed by atoms with E-state index in [1.54, 1.807) is 10.9 Å². The van der Waals surface area contributed by atoms with Gasteiger partial charge in [-0.2, -0.15) is 5.10 Å². The van der Waals surface area contributed by atoms with E-state index in [1.165, 1.54) is 0 Å². The number of hydrogen-bond donors (Lipinski definition) is 2. The Kier molecular flexibility index (Phi) is 5.25. The predicted molar refractivity (Wildman–Crippen MR) is 95.5 cm³/mol. The van der Waals surface area contributed by atoms with Gasteiger partial charge in [-0.25, -0.2) is 9.48 Å². The van der Waals surface area contributed by atoms with Crippen molar-refractivity contribution in [2.24, 2.45) is 11.8 Å². The first kappa shape index (κ1) is 18.0. The first-order valence-electron chi connectivity index (χ1n) is 8.77. The lowest BCUT2D eigenvalue weighted by Crippen LogP contribution is -2.42. The van der Waals surface area contributed by atoms with Gasteiger partial charge in [0.2, 0.25) is 0 Å². The average molecular weight is 357 g/mol. The molecule has 2 aromatic rings. The minimum atomic E-state index is -1.02. The summed E-state index contributed by atoms with van der Waals surface area (Å²) in [6.07, 6.45) is 3.28. The van der Waals surface area contributed by atoms with Crippen molar-refractivity contribution in [3.05, 3.63) is 42.2 Å². The first-order valence-corrected chi connectivity index (χ1v) is 8.77. The second-order valence-electron chi connectivity index (χ2n) is 6.95. The van der Waals surface area contributed by atoms with Crippen molar-refractivity contribution in [2.45, 2.75) is 32.7 Å². The Labute approximate surface area is 152 Å². The molecule has 26 heavy (non-hydrogen) atoms. The van der Waals surface area contributed by atoms with Gasteiger partial charge in [-0.3, -0.25) is 4.79 Å². The Morgan fingerprint density at radius 2 is 2.00 bits per heavy atom. The fourth-order valence-electron chi connectivity index (χ4n) is 2.61. The van der Waals surface area contributed by atoms with Crippen LogP contribution in [-0.2, 0) is 4.79 Å². The summed E-state index contributed by atoms with van der Waals surface area (Å²) >= 11 is 0. The van der Waals surface area contributed by atoms with Gasteiger partial charge in [0, 0.05) is 0 Å². The smallest absolute Gasteiger partial charge is 0.326 e. The molecule has 0 aliphatic heterocycles. The highest BCUT2D eigenvalue weighted by atomic mass is 16.5. The van der Waals surface area contributed by atoms with Gasteiger partial charge in [0.05, 0.1) is 18.5 Å². The first-order chi connectivity index (χ1) is 12.5. The van der Waals surface area contributed by atoms with Gasteiger partial charge in [0.25, 0.3) is 5.91 Å². The van der Waals surface area contributed by atoms with Gasteiger partial charge in [0.15, 0.2) is 11.4 Å². The maximum absolute atomic E-state index is 12.7. The molecule has 1 saturated carbocycles. The molecular weight excluding hydrogens is 334 g/mol. The minimum Gasteiger partial charge on any atom is -0.489 e. The van der Waals surface area contributed by atoms with Crippen LogP contribution in [0.3, 0.4) is 0 Å². The summed E-state index contributed by atoms with van der Waals surface area (Å²) in [5.74, 6) is -0.928. The number of carbonyl (C=O) groups is 2. The van der Waals surface area contributed by atoms with E-state index >= 15 is 0 Å². The predicted octanol–water partition coefficient (Wildman–Crippen LogP) is 2.50. The fraction of sp³-hybridized carbons (Fsp3) is 0.421. The molecule has 138 valence electrons. The Hall–Kier alpha value is -2.83. The fourth-order valence-corrected chi connectivity index (χ4v) is 2.61. The van der Waals surface area contributed by atoms with Crippen LogP contribution >= 0.6 is 0 Å². The van der Waals surface area contributed by atoms with Crippen LogP contribution in [0, 0.1) is 11.8 Å². The molecular formula is C19H23N3O4. The Morgan fingerprint density at radius 3 is 2.58 bits per heavy atom. The van der Waals surface area contributed by atoms with E-state index < -0.39 is 17.9 Å². The number of rotatable bonds is 8. The lowest BCUT2D eigenvalue weighted by Gasteiger charge is -2.13. The largest absolute Gasteiger partial charge is 0.489 e. The Bertz CT molecular complexity index is 781. The van der Waals surface area contributed by atoms with E-state index in [1.807, 2.05) is 44.2 Å². The maximum Gasteiger partial charge on any atom is 0.326 e. The molecule has 1 aliphatic rings. The topological polar surface area (TPSA) is 93.5 Å². The van der Waals surface area contributed by atoms with Crippen molar-refractivity contribution in [3.8, 4) is 11.4 Å². The number of carboxylic acid groups (broad SMARTS) is 1. The monoisotopic (exact) mass is 357 g/mol. The van der Waals surface area contributed by atoms with E-state index in [0.717, 1.165) is 18.5 Å². The zero-order valence-electron chi connectivity index (χ0n) is 14.9. The van der Waals surface area contributed by atoms with Gasteiger partial charge in [-0.1, -0.05) is 32.0 Å². The van der Waals surface area contributed by atoms with E-state index in [9.17, 15) is 14.7 Å². The van der Waals surface area contributed by atoms with Crippen molar-refractivity contribution >= 4 is 11.9 Å². The summed E-state index contributed by atoms with van der Waals surface area (Å²) in [6.45, 7) is 4.45. The third kappa shape index (κ3) is 4.22. The van der Waals surface area contributed by atoms with E-state index in [-0.39, 0.29) is 17.5 Å². The molecule has 2 N–H and O–H groups in total. The molecule has 7 heteroatoms. The van der Waals surface area contributed by atoms with Crippen LogP contribution in [0.4, 0.5) is 0 Å². The van der Waals surface area contributed by atoms with E-state index in [2.05, 4.69) is 10.4 Å². The van der Waals surface area contributed by atoms with Crippen LogP contribution in [0.15, 0.2) is 36.5 Å². The average Bonchev–Trinajstić information content (AvgIpc) is 3.36. The quantitative estimate of drug-likeness (QED) is 0.757. The molecule has 7 nitrogen and oxygen atoms in total. The number of ether oxygens (including phenoxy) is 1. The highest BCUT2D eigenvalue weighted by Crippen LogP contribution is 2.33. The molecule has 1 aromatic carbocycles. The minimum absolute atomic E-state index is 0.00677. The standard InChI is InChI=1S/C19H23N3O4/c1-12(2)11-26-15-10-22(14-6-4-3-5-7-14)21-17(15)18(23)20-16(19(24)25)13-8-9-13/h3-7,10,12-13,16H,8-9,11H2,1-2H3,(H,20,23)(H,24,25). The lowest BCUT2D eigenvalue weighted by molar-refractivity contribution is -0.139. The molecule has 0 bridgehead atoms. The van der Waals surface area contributed by atoms with Crippen molar-refractivity contribution in [2.75, 3.05) is 6.61 Å². The zero-order chi connectivity index (χ0) is 18.7. The maximum atomic E-state index is 12.7. The number of nitrogens with zero attached hydrogens (tertiary/aromatic N) is 2. The van der Waals surface area contributed by atoms with Crippen molar-refractivity contribution in [1.29, 1.82) is 0 Å². The third-order valence-corrected chi connectivity index (χ3v) is 4.13. The lowest BCUT2D eigenvalue weighted by atomic mass is 10.2. The van der Waals surface area contributed by atoms with Crippen molar-refractivity contribution in [1.82, 2.24) is 15.1 Å². The number of amides is 1. The van der Waals surface area contributed by atoms with Gasteiger partial charge in [-0.15, -0.1) is 0 Å². The normalized spacial score (nSPS) is 14.9.